The van der Waals surface area contributed by atoms with Crippen molar-refractivity contribution < 1.29 is 71.2 Å². The number of unbranched alkanes of at least 4 members (excludes halogenated alkanes) is 10. The van der Waals surface area contributed by atoms with Gasteiger partial charge in [-0.05, 0) is 52.4 Å². The molecule has 1 radical (unpaired) electrons. The van der Waals surface area contributed by atoms with E-state index in [1.54, 1.807) is 0 Å². The Bertz CT molecular complexity index is 419. The van der Waals surface area contributed by atoms with E-state index in [2.05, 4.69) is 6.92 Å². The standard InChI is InChI=1S/C22H42NO4.K/c1-4-5-6-14-17-22(23(26)21(2,3)19-27-22)18-15-12-10-8-7-9-11-13-16-20(24)25;/h4-19H2,1-3H3,(H,24,25);/q;+1/p-1. The number of hydroxylamine groups is 2. The van der Waals surface area contributed by atoms with Gasteiger partial charge in [0.15, 0.2) is 0 Å². The van der Waals surface area contributed by atoms with Gasteiger partial charge in [-0.15, -0.1) is 10.3 Å². The first-order valence-corrected chi connectivity index (χ1v) is 11.2. The molecule has 0 aromatic rings. The summed E-state index contributed by atoms with van der Waals surface area (Å²) in [6.07, 6.45) is 15.0. The second-order valence-electron chi connectivity index (χ2n) is 8.85. The van der Waals surface area contributed by atoms with Crippen molar-refractivity contribution in [3.63, 3.8) is 0 Å². The third-order valence-electron chi connectivity index (χ3n) is 5.73. The van der Waals surface area contributed by atoms with Gasteiger partial charge in [0.2, 0.25) is 0 Å². The minimum Gasteiger partial charge on any atom is -0.550 e. The third kappa shape index (κ3) is 10.8. The van der Waals surface area contributed by atoms with Crippen LogP contribution in [-0.4, -0.2) is 28.9 Å². The normalized spacial score (nSPS) is 21.6. The zero-order valence-corrected chi connectivity index (χ0v) is 22.0. The molecule has 0 N–H and O–H groups in total. The van der Waals surface area contributed by atoms with Crippen LogP contribution in [0.2, 0.25) is 0 Å². The molecule has 28 heavy (non-hydrogen) atoms. The number of aliphatic carboxylic acids is 1. The van der Waals surface area contributed by atoms with E-state index in [0.717, 1.165) is 57.8 Å². The quantitative estimate of drug-likeness (QED) is 0.281. The minimum atomic E-state index is -0.941. The zero-order chi connectivity index (χ0) is 20.2. The van der Waals surface area contributed by atoms with Crippen LogP contribution in [-0.2, 0) is 14.7 Å². The maximum Gasteiger partial charge on any atom is 1.00 e. The van der Waals surface area contributed by atoms with E-state index in [1.807, 2.05) is 13.8 Å². The largest absolute Gasteiger partial charge is 1.00 e. The predicted molar refractivity (Wildman–Crippen MR) is 105 cm³/mol. The SMILES string of the molecule is CCCCCCC1(CCCCCCCCCCC(=O)[O-])OCC(C)(C)N1[O].[K+]. The summed E-state index contributed by atoms with van der Waals surface area (Å²) in [6.45, 7) is 6.69. The van der Waals surface area contributed by atoms with Crippen molar-refractivity contribution in [3.05, 3.63) is 0 Å². The number of ether oxygens (including phenoxy) is 1. The van der Waals surface area contributed by atoms with Crippen LogP contribution < -0.4 is 56.5 Å². The molecule has 0 amide bonds. The Labute approximate surface area is 215 Å². The van der Waals surface area contributed by atoms with Gasteiger partial charge in [0.1, 0.15) is 5.72 Å². The van der Waals surface area contributed by atoms with Gasteiger partial charge in [0.25, 0.3) is 0 Å². The first-order valence-electron chi connectivity index (χ1n) is 11.2. The van der Waals surface area contributed by atoms with Gasteiger partial charge in [-0.1, -0.05) is 64.7 Å². The van der Waals surface area contributed by atoms with Crippen LogP contribution in [0.4, 0.5) is 0 Å². The van der Waals surface area contributed by atoms with Gasteiger partial charge < -0.3 is 14.6 Å². The summed E-state index contributed by atoms with van der Waals surface area (Å²) >= 11 is 0. The molecule has 0 aromatic carbocycles. The van der Waals surface area contributed by atoms with Gasteiger partial charge in [0, 0.05) is 5.97 Å². The molecule has 6 heteroatoms. The Balaban J connectivity index is 0.00000729. The van der Waals surface area contributed by atoms with Gasteiger partial charge in [-0.3, -0.25) is 0 Å². The van der Waals surface area contributed by atoms with Crippen molar-refractivity contribution in [1.82, 2.24) is 5.06 Å². The Morgan fingerprint density at radius 2 is 1.36 bits per heavy atom. The summed E-state index contributed by atoms with van der Waals surface area (Å²) in [7, 11) is 0. The minimum absolute atomic E-state index is 0. The fraction of sp³-hybridized carbons (Fsp3) is 0.955. The van der Waals surface area contributed by atoms with Gasteiger partial charge >= 0.3 is 51.4 Å². The summed E-state index contributed by atoms with van der Waals surface area (Å²) in [5.41, 5.74) is -1.03. The third-order valence-corrected chi connectivity index (χ3v) is 5.73. The first kappa shape index (κ1) is 29.0. The monoisotopic (exact) mass is 422 g/mol. The average molecular weight is 423 g/mol. The van der Waals surface area contributed by atoms with Crippen LogP contribution in [0.1, 0.15) is 117 Å². The van der Waals surface area contributed by atoms with E-state index in [9.17, 15) is 15.1 Å². The van der Waals surface area contributed by atoms with Crippen LogP contribution >= 0.6 is 0 Å². The maximum absolute atomic E-state index is 12.9. The molecule has 1 fully saturated rings. The Morgan fingerprint density at radius 1 is 0.893 bits per heavy atom. The molecular formula is C22H41KNO4. The molecular weight excluding hydrogens is 381 g/mol. The smallest absolute Gasteiger partial charge is 0.550 e. The van der Waals surface area contributed by atoms with Crippen molar-refractivity contribution in [2.75, 3.05) is 6.61 Å². The molecule has 0 bridgehead atoms. The molecule has 1 rings (SSSR count). The summed E-state index contributed by atoms with van der Waals surface area (Å²) in [5, 5.41) is 24.5. The summed E-state index contributed by atoms with van der Waals surface area (Å²) < 4.78 is 6.10. The fourth-order valence-electron chi connectivity index (χ4n) is 4.01. The number of carbonyl (C=O) groups is 1. The Kier molecular flexibility index (Phi) is 16.3. The number of hydrogen-bond donors (Lipinski definition) is 0. The molecule has 0 aromatic heterocycles. The van der Waals surface area contributed by atoms with Crippen LogP contribution in [0.5, 0.6) is 0 Å². The summed E-state index contributed by atoms with van der Waals surface area (Å²) in [5.74, 6) is -0.941. The molecule has 1 saturated heterocycles. The van der Waals surface area contributed by atoms with Gasteiger partial charge in [-0.25, -0.2) is 0 Å². The molecule has 1 aliphatic rings. The predicted octanol–water partition coefficient (Wildman–Crippen LogP) is 1.76. The van der Waals surface area contributed by atoms with Crippen LogP contribution in [0, 0.1) is 0 Å². The van der Waals surface area contributed by atoms with Crippen molar-refractivity contribution in [2.45, 2.75) is 128 Å². The van der Waals surface area contributed by atoms with E-state index in [-0.39, 0.29) is 57.8 Å². The molecule has 1 aliphatic heterocycles. The number of nitrogens with zero attached hydrogens (tertiary/aromatic N) is 1. The number of carbonyl (C=O) groups excluding carboxylic acids is 1. The topological polar surface area (TPSA) is 72.5 Å². The number of carboxylic acids is 1. The molecule has 0 aliphatic carbocycles. The average Bonchev–Trinajstić information content (AvgIpc) is 2.84. The van der Waals surface area contributed by atoms with Gasteiger partial charge in [-0.2, -0.15) is 0 Å². The van der Waals surface area contributed by atoms with Crippen molar-refractivity contribution in [1.29, 1.82) is 0 Å². The molecule has 0 saturated carbocycles. The van der Waals surface area contributed by atoms with E-state index in [1.165, 1.54) is 37.2 Å². The number of hydrogen-bond acceptors (Lipinski definition) is 4. The summed E-state index contributed by atoms with van der Waals surface area (Å²) in [6, 6.07) is 0. The van der Waals surface area contributed by atoms with E-state index in [0.29, 0.717) is 6.61 Å². The van der Waals surface area contributed by atoms with Crippen LogP contribution in [0.15, 0.2) is 0 Å². The molecule has 5 nitrogen and oxygen atoms in total. The first-order chi connectivity index (χ1) is 12.8. The van der Waals surface area contributed by atoms with Crippen LogP contribution in [0.25, 0.3) is 0 Å². The van der Waals surface area contributed by atoms with E-state index < -0.39 is 17.2 Å². The van der Waals surface area contributed by atoms with Crippen LogP contribution in [0.3, 0.4) is 0 Å². The molecule has 0 spiro atoms. The number of carboxylic acid groups (broad SMARTS) is 1. The number of rotatable bonds is 16. The van der Waals surface area contributed by atoms with Crippen molar-refractivity contribution in [3.8, 4) is 0 Å². The van der Waals surface area contributed by atoms with Gasteiger partial charge in [0.05, 0.1) is 12.1 Å². The molecule has 1 atom stereocenters. The van der Waals surface area contributed by atoms with E-state index in [4.69, 9.17) is 4.74 Å². The second kappa shape index (κ2) is 15.7. The Hall–Kier alpha value is 0.986. The maximum atomic E-state index is 12.9. The van der Waals surface area contributed by atoms with Crippen molar-refractivity contribution in [2.24, 2.45) is 0 Å². The summed E-state index contributed by atoms with van der Waals surface area (Å²) in [4.78, 5) is 10.4. The molecule has 1 heterocycles. The van der Waals surface area contributed by atoms with E-state index >= 15 is 0 Å². The van der Waals surface area contributed by atoms with Crippen molar-refractivity contribution >= 4 is 5.97 Å². The Morgan fingerprint density at radius 3 is 1.79 bits per heavy atom. The molecule has 1 unspecified atom stereocenters. The zero-order valence-electron chi connectivity index (χ0n) is 18.9. The second-order valence-corrected chi connectivity index (χ2v) is 8.85. The fourth-order valence-corrected chi connectivity index (χ4v) is 4.01. The molecule has 159 valence electrons.